The first kappa shape index (κ1) is 32.2. The minimum absolute atomic E-state index is 0.0791. The maximum absolute atomic E-state index is 10.6. The highest BCUT2D eigenvalue weighted by atomic mass is 32.1. The van der Waals surface area contributed by atoms with E-state index in [2.05, 4.69) is 64.1 Å². The molecule has 2 aliphatic rings. The van der Waals surface area contributed by atoms with Gasteiger partial charge in [0.15, 0.2) is 16.6 Å². The van der Waals surface area contributed by atoms with E-state index in [9.17, 15) is 13.2 Å². The fraction of sp³-hybridized carbons (Fsp3) is 0.419. The number of carboxylic acid groups (broad SMARTS) is 1. The first-order chi connectivity index (χ1) is 20.6. The predicted molar refractivity (Wildman–Crippen MR) is 159 cm³/mol. The van der Waals surface area contributed by atoms with Crippen molar-refractivity contribution >= 4 is 23.3 Å². The Morgan fingerprint density at radius 1 is 1.09 bits per heavy atom. The molecule has 1 saturated carbocycles. The molecular formula is C31H36F3N3O5S. The fourth-order valence-corrected chi connectivity index (χ4v) is 6.32. The quantitative estimate of drug-likeness (QED) is 0.276. The molecule has 0 amide bonds. The molecule has 3 atom stereocenters. The molecule has 5 rings (SSSR count). The van der Waals surface area contributed by atoms with Crippen LogP contribution in [0.2, 0.25) is 0 Å². The number of carboxylic acids is 1. The molecule has 3 aromatic rings. The molecule has 8 nitrogen and oxygen atoms in total. The lowest BCUT2D eigenvalue weighted by atomic mass is 9.65. The second-order valence-corrected chi connectivity index (χ2v) is 11.0. The van der Waals surface area contributed by atoms with Crippen LogP contribution in [0.25, 0.3) is 0 Å². The van der Waals surface area contributed by atoms with Gasteiger partial charge in [-0.15, -0.1) is 0 Å². The Morgan fingerprint density at radius 2 is 1.81 bits per heavy atom. The molecule has 1 aromatic heterocycles. The van der Waals surface area contributed by atoms with Crippen molar-refractivity contribution in [2.75, 3.05) is 20.8 Å². The van der Waals surface area contributed by atoms with Crippen LogP contribution >= 0.6 is 12.2 Å². The van der Waals surface area contributed by atoms with Gasteiger partial charge in [-0.25, -0.2) is 4.79 Å². The molecule has 0 spiro atoms. The second-order valence-electron chi connectivity index (χ2n) is 10.6. The van der Waals surface area contributed by atoms with Gasteiger partial charge < -0.3 is 29.6 Å². The Balaban J connectivity index is 0.000000541. The van der Waals surface area contributed by atoms with Gasteiger partial charge in [0.05, 0.1) is 27.0 Å². The zero-order valence-electron chi connectivity index (χ0n) is 24.0. The molecule has 3 N–H and O–H groups in total. The number of nitrogens with one attached hydrogen (secondary N) is 2. The molecule has 232 valence electrons. The number of carbonyl (C=O) groups is 1. The lowest BCUT2D eigenvalue weighted by molar-refractivity contribution is -0.192. The van der Waals surface area contributed by atoms with Crippen molar-refractivity contribution < 1.29 is 37.0 Å². The van der Waals surface area contributed by atoms with Gasteiger partial charge >= 0.3 is 12.1 Å². The summed E-state index contributed by atoms with van der Waals surface area (Å²) >= 11 is 5.64. The average Bonchev–Trinajstić information content (AvgIpc) is 3.65. The predicted octanol–water partition coefficient (Wildman–Crippen LogP) is 5.66. The SMILES string of the molecule is COc1ccc([C@@]23CC[C@@H](NC(=S)NCc4ccco4)C[C@@H]2N(Cc2ccccc2)CC3)cc1OC.O=C(O)C(F)(F)F. The van der Waals surface area contributed by atoms with Crippen molar-refractivity contribution in [3.8, 4) is 11.5 Å². The highest BCUT2D eigenvalue weighted by Crippen LogP contribution is 2.50. The van der Waals surface area contributed by atoms with Gasteiger partial charge in [0.25, 0.3) is 0 Å². The molecule has 2 fully saturated rings. The van der Waals surface area contributed by atoms with Crippen LogP contribution in [0.1, 0.15) is 42.6 Å². The Kier molecular flexibility index (Phi) is 10.6. The minimum Gasteiger partial charge on any atom is -0.493 e. The highest BCUT2D eigenvalue weighted by Gasteiger charge is 2.51. The van der Waals surface area contributed by atoms with Crippen molar-refractivity contribution in [1.82, 2.24) is 15.5 Å². The van der Waals surface area contributed by atoms with Crippen molar-refractivity contribution in [1.29, 1.82) is 0 Å². The Morgan fingerprint density at radius 3 is 2.44 bits per heavy atom. The van der Waals surface area contributed by atoms with E-state index in [-0.39, 0.29) is 5.41 Å². The van der Waals surface area contributed by atoms with Crippen molar-refractivity contribution in [2.24, 2.45) is 0 Å². The van der Waals surface area contributed by atoms with Gasteiger partial charge in [-0.1, -0.05) is 36.4 Å². The van der Waals surface area contributed by atoms with Gasteiger partial charge in [0, 0.05) is 24.0 Å². The Bertz CT molecular complexity index is 1360. The van der Waals surface area contributed by atoms with Gasteiger partial charge in [-0.05, 0) is 79.8 Å². The van der Waals surface area contributed by atoms with E-state index in [1.165, 1.54) is 11.1 Å². The lowest BCUT2D eigenvalue weighted by Crippen LogP contribution is -2.53. The van der Waals surface area contributed by atoms with E-state index in [4.69, 9.17) is 36.0 Å². The van der Waals surface area contributed by atoms with Crippen molar-refractivity contribution in [3.05, 3.63) is 83.8 Å². The maximum Gasteiger partial charge on any atom is 0.490 e. The molecule has 1 saturated heterocycles. The van der Waals surface area contributed by atoms with Crippen LogP contribution in [0.5, 0.6) is 11.5 Å². The number of hydrogen-bond donors (Lipinski definition) is 3. The first-order valence-electron chi connectivity index (χ1n) is 13.9. The van der Waals surface area contributed by atoms with E-state index >= 15 is 0 Å². The molecule has 0 radical (unpaired) electrons. The molecule has 0 bridgehead atoms. The molecule has 1 aliphatic carbocycles. The van der Waals surface area contributed by atoms with Crippen molar-refractivity contribution in [3.63, 3.8) is 0 Å². The lowest BCUT2D eigenvalue weighted by Gasteiger charge is -2.46. The Hall–Kier alpha value is -3.77. The summed E-state index contributed by atoms with van der Waals surface area (Å²) in [7, 11) is 3.40. The number of hydrogen-bond acceptors (Lipinski definition) is 6. The number of alkyl halides is 3. The molecular weight excluding hydrogens is 583 g/mol. The van der Waals surface area contributed by atoms with E-state index in [1.807, 2.05) is 12.1 Å². The maximum atomic E-state index is 10.6. The summed E-state index contributed by atoms with van der Waals surface area (Å²) < 4.78 is 48.4. The van der Waals surface area contributed by atoms with Crippen LogP contribution in [0, 0.1) is 0 Å². The zero-order valence-corrected chi connectivity index (χ0v) is 24.8. The number of nitrogens with zero attached hydrogens (tertiary/aromatic N) is 1. The van der Waals surface area contributed by atoms with Gasteiger partial charge in [0.1, 0.15) is 5.76 Å². The number of benzene rings is 2. The summed E-state index contributed by atoms with van der Waals surface area (Å²) in [6.45, 7) is 2.61. The van der Waals surface area contributed by atoms with Gasteiger partial charge in [-0.3, -0.25) is 4.90 Å². The summed E-state index contributed by atoms with van der Waals surface area (Å²) in [5.74, 6) is -0.308. The van der Waals surface area contributed by atoms with Crippen LogP contribution < -0.4 is 20.1 Å². The molecule has 0 unspecified atom stereocenters. The number of ether oxygens (including phenoxy) is 2. The number of fused-ring (bicyclic) bond motifs is 1. The summed E-state index contributed by atoms with van der Waals surface area (Å²) in [5.41, 5.74) is 2.78. The smallest absolute Gasteiger partial charge is 0.490 e. The van der Waals surface area contributed by atoms with Crippen LogP contribution in [-0.4, -0.2) is 60.1 Å². The van der Waals surface area contributed by atoms with E-state index in [0.29, 0.717) is 23.7 Å². The number of halogens is 3. The topological polar surface area (TPSA) is 96.2 Å². The highest BCUT2D eigenvalue weighted by molar-refractivity contribution is 7.80. The number of rotatable bonds is 8. The monoisotopic (exact) mass is 619 g/mol. The van der Waals surface area contributed by atoms with Crippen LogP contribution in [0.3, 0.4) is 0 Å². The number of thiocarbonyl (C=S) groups is 1. The summed E-state index contributed by atoms with van der Waals surface area (Å²) in [6.07, 6.45) is 0.922. The molecule has 43 heavy (non-hydrogen) atoms. The normalized spacial score (nSPS) is 21.6. The summed E-state index contributed by atoms with van der Waals surface area (Å²) in [4.78, 5) is 11.6. The molecule has 12 heteroatoms. The molecule has 1 aliphatic heterocycles. The fourth-order valence-electron chi connectivity index (χ4n) is 6.08. The molecule has 2 aromatic carbocycles. The zero-order chi connectivity index (χ0) is 31.0. The van der Waals surface area contributed by atoms with Gasteiger partial charge in [-0.2, -0.15) is 13.2 Å². The minimum atomic E-state index is -5.08. The van der Waals surface area contributed by atoms with E-state index < -0.39 is 12.1 Å². The van der Waals surface area contributed by atoms with Crippen molar-refractivity contribution in [2.45, 2.75) is 62.4 Å². The summed E-state index contributed by atoms with van der Waals surface area (Å²) in [6, 6.07) is 21.8. The van der Waals surface area contributed by atoms with E-state index in [1.54, 1.807) is 20.5 Å². The molecule has 2 heterocycles. The third kappa shape index (κ3) is 7.99. The van der Waals surface area contributed by atoms with Crippen LogP contribution in [0.15, 0.2) is 71.3 Å². The summed E-state index contributed by atoms with van der Waals surface area (Å²) in [5, 5.41) is 14.7. The standard InChI is InChI=1S/C29H35N3O3S.C2HF3O2/c1-33-25-11-10-22(17-26(25)34-2)29-13-12-23(31-28(36)30-19-24-9-6-16-35-24)18-27(29)32(15-14-29)20-21-7-4-3-5-8-21;3-2(4,5)1(6)7/h3-11,16-17,23,27H,12-15,18-20H2,1-2H3,(H2,30,31,36);(H,6,7)/t23-,27+,29+;/m1./s1. The van der Waals surface area contributed by atoms with Crippen LogP contribution in [0.4, 0.5) is 13.2 Å². The number of likely N-dealkylation sites (tertiary alicyclic amines) is 1. The average molecular weight is 620 g/mol. The van der Waals surface area contributed by atoms with Crippen LogP contribution in [-0.2, 0) is 23.3 Å². The number of methoxy groups -OCH3 is 2. The number of aliphatic carboxylic acids is 1. The number of furan rings is 1. The van der Waals surface area contributed by atoms with Gasteiger partial charge in [0.2, 0.25) is 0 Å². The largest absolute Gasteiger partial charge is 0.493 e. The van der Waals surface area contributed by atoms with E-state index in [0.717, 1.165) is 56.0 Å². The second kappa shape index (κ2) is 14.1. The third-order valence-corrected chi connectivity index (χ3v) is 8.40. The third-order valence-electron chi connectivity index (χ3n) is 8.14. The first-order valence-corrected chi connectivity index (χ1v) is 14.3. The Labute approximate surface area is 254 Å².